The lowest BCUT2D eigenvalue weighted by Gasteiger charge is -2.08. The van der Waals surface area contributed by atoms with Crippen molar-refractivity contribution in [1.82, 2.24) is 4.98 Å². The Kier molecular flexibility index (Phi) is 3.74. The van der Waals surface area contributed by atoms with Crippen LogP contribution in [0.15, 0.2) is 42.5 Å². The Morgan fingerprint density at radius 2 is 2.05 bits per heavy atom. The normalized spacial score (nSPS) is 9.63. The molecule has 1 heterocycles. The number of carboxylic acid groups (broad SMARTS) is 1. The van der Waals surface area contributed by atoms with Gasteiger partial charge in [-0.3, -0.25) is 4.79 Å². The molecule has 0 spiro atoms. The number of benzene rings is 1. The van der Waals surface area contributed by atoms with Gasteiger partial charge >= 0.3 is 5.97 Å². The summed E-state index contributed by atoms with van der Waals surface area (Å²) in [4.78, 5) is 14.7. The molecule has 19 heavy (non-hydrogen) atoms. The lowest BCUT2D eigenvalue weighted by Crippen LogP contribution is -2.02. The summed E-state index contributed by atoms with van der Waals surface area (Å²) in [6.45, 7) is 0. The number of carbonyl (C=O) groups is 1. The molecule has 0 amide bonds. The summed E-state index contributed by atoms with van der Waals surface area (Å²) in [5, 5.41) is 17.6. The topological polar surface area (TPSA) is 83.2 Å². The molecule has 0 aliphatic rings. The van der Waals surface area contributed by atoms with Crippen molar-refractivity contribution in [2.45, 2.75) is 6.42 Å². The van der Waals surface area contributed by atoms with Gasteiger partial charge < -0.3 is 9.84 Å². The lowest BCUT2D eigenvalue weighted by atomic mass is 10.1. The number of carboxylic acids is 1. The van der Waals surface area contributed by atoms with Crippen LogP contribution in [0.25, 0.3) is 0 Å². The molecule has 0 aliphatic carbocycles. The lowest BCUT2D eigenvalue weighted by molar-refractivity contribution is -0.136. The minimum atomic E-state index is -0.935. The van der Waals surface area contributed by atoms with Crippen molar-refractivity contribution in [3.05, 3.63) is 53.7 Å². The molecule has 1 N–H and O–H groups in total. The van der Waals surface area contributed by atoms with E-state index in [9.17, 15) is 4.79 Å². The zero-order valence-electron chi connectivity index (χ0n) is 9.91. The summed E-state index contributed by atoms with van der Waals surface area (Å²) < 4.78 is 5.53. The van der Waals surface area contributed by atoms with Gasteiger partial charge in [-0.1, -0.05) is 24.3 Å². The molecule has 0 bridgehead atoms. The van der Waals surface area contributed by atoms with E-state index in [-0.39, 0.29) is 18.0 Å². The van der Waals surface area contributed by atoms with Crippen molar-refractivity contribution in [3.63, 3.8) is 0 Å². The van der Waals surface area contributed by atoms with Crippen LogP contribution in [0.1, 0.15) is 11.3 Å². The molecule has 94 valence electrons. The molecule has 0 radical (unpaired) electrons. The van der Waals surface area contributed by atoms with Crippen molar-refractivity contribution >= 4 is 5.97 Å². The third-order valence-corrected chi connectivity index (χ3v) is 2.37. The van der Waals surface area contributed by atoms with Gasteiger partial charge in [-0.2, -0.15) is 5.26 Å². The fraction of sp³-hybridized carbons (Fsp3) is 0.0714. The van der Waals surface area contributed by atoms with E-state index in [1.165, 1.54) is 0 Å². The second-order valence-electron chi connectivity index (χ2n) is 3.75. The molecule has 2 rings (SSSR count). The highest BCUT2D eigenvalue weighted by Gasteiger charge is 2.09. The van der Waals surface area contributed by atoms with E-state index in [0.717, 1.165) is 0 Å². The van der Waals surface area contributed by atoms with E-state index in [1.807, 2.05) is 6.07 Å². The molecule has 0 aliphatic heterocycles. The molecule has 0 fully saturated rings. The number of hydrogen-bond acceptors (Lipinski definition) is 4. The predicted molar refractivity (Wildman–Crippen MR) is 66.8 cm³/mol. The van der Waals surface area contributed by atoms with Crippen molar-refractivity contribution in [3.8, 4) is 17.7 Å². The largest absolute Gasteiger partial charge is 0.481 e. The van der Waals surface area contributed by atoms with Gasteiger partial charge in [0.1, 0.15) is 17.5 Å². The monoisotopic (exact) mass is 254 g/mol. The molecule has 0 atom stereocenters. The number of aromatic nitrogens is 1. The van der Waals surface area contributed by atoms with Gasteiger partial charge in [0.15, 0.2) is 0 Å². The summed E-state index contributed by atoms with van der Waals surface area (Å²) in [6.07, 6.45) is -0.131. The molecule has 2 aromatic rings. The molecule has 0 saturated heterocycles. The van der Waals surface area contributed by atoms with Crippen LogP contribution in [0.3, 0.4) is 0 Å². The SMILES string of the molecule is N#Cc1cccc(Oc2ccccc2CC(=O)O)n1. The first kappa shape index (κ1) is 12.6. The van der Waals surface area contributed by atoms with Gasteiger partial charge in [-0.15, -0.1) is 0 Å². The van der Waals surface area contributed by atoms with Crippen LogP contribution in [0, 0.1) is 11.3 Å². The Morgan fingerprint density at radius 3 is 2.79 bits per heavy atom. The van der Waals surface area contributed by atoms with Crippen molar-refractivity contribution in [2.75, 3.05) is 0 Å². The minimum absolute atomic E-state index is 0.131. The summed E-state index contributed by atoms with van der Waals surface area (Å²) in [6, 6.07) is 13.6. The third-order valence-electron chi connectivity index (χ3n) is 2.37. The highest BCUT2D eigenvalue weighted by molar-refractivity contribution is 5.71. The zero-order valence-corrected chi connectivity index (χ0v) is 9.91. The van der Waals surface area contributed by atoms with Crippen LogP contribution >= 0.6 is 0 Å². The Balaban J connectivity index is 2.27. The van der Waals surface area contributed by atoms with Crippen LogP contribution in [0.4, 0.5) is 0 Å². The first-order chi connectivity index (χ1) is 9.19. The maximum Gasteiger partial charge on any atom is 0.307 e. The van der Waals surface area contributed by atoms with Crippen molar-refractivity contribution in [2.24, 2.45) is 0 Å². The van der Waals surface area contributed by atoms with Gasteiger partial charge in [0.2, 0.25) is 5.88 Å². The maximum atomic E-state index is 10.8. The van der Waals surface area contributed by atoms with Gasteiger partial charge in [-0.25, -0.2) is 4.98 Å². The molecule has 0 saturated carbocycles. The highest BCUT2D eigenvalue weighted by atomic mass is 16.5. The summed E-state index contributed by atoms with van der Waals surface area (Å²) >= 11 is 0. The summed E-state index contributed by atoms with van der Waals surface area (Å²) in [5.41, 5.74) is 0.798. The van der Waals surface area contributed by atoms with Gasteiger partial charge in [-0.05, 0) is 12.1 Å². The Hall–Kier alpha value is -2.87. The van der Waals surface area contributed by atoms with Crippen LogP contribution < -0.4 is 4.74 Å². The molecule has 5 nitrogen and oxygen atoms in total. The van der Waals surface area contributed by atoms with Crippen molar-refractivity contribution < 1.29 is 14.6 Å². The molecule has 1 aromatic heterocycles. The second kappa shape index (κ2) is 5.65. The van der Waals surface area contributed by atoms with Gasteiger partial charge in [0, 0.05) is 11.6 Å². The minimum Gasteiger partial charge on any atom is -0.481 e. The fourth-order valence-corrected chi connectivity index (χ4v) is 1.56. The van der Waals surface area contributed by atoms with E-state index < -0.39 is 5.97 Å². The highest BCUT2D eigenvalue weighted by Crippen LogP contribution is 2.24. The second-order valence-corrected chi connectivity index (χ2v) is 3.75. The number of rotatable bonds is 4. The van der Waals surface area contributed by atoms with Gasteiger partial charge in [0.25, 0.3) is 0 Å². The van der Waals surface area contributed by atoms with E-state index in [1.54, 1.807) is 42.5 Å². The fourth-order valence-electron chi connectivity index (χ4n) is 1.56. The van der Waals surface area contributed by atoms with Crippen LogP contribution in [-0.4, -0.2) is 16.1 Å². The maximum absolute atomic E-state index is 10.8. The summed E-state index contributed by atoms with van der Waals surface area (Å²) in [7, 11) is 0. The molecule has 5 heteroatoms. The third kappa shape index (κ3) is 3.30. The quantitative estimate of drug-likeness (QED) is 0.905. The number of para-hydroxylation sites is 1. The van der Waals surface area contributed by atoms with E-state index >= 15 is 0 Å². The standard InChI is InChI=1S/C14H10N2O3/c15-9-11-5-3-7-13(16-11)19-12-6-2-1-4-10(12)8-14(17)18/h1-7H,8H2,(H,17,18). The molecule has 1 aromatic carbocycles. The van der Waals surface area contributed by atoms with Gasteiger partial charge in [0.05, 0.1) is 6.42 Å². The first-order valence-electron chi connectivity index (χ1n) is 5.54. The zero-order chi connectivity index (χ0) is 13.7. The predicted octanol–water partition coefficient (Wildman–Crippen LogP) is 2.37. The number of hydrogen-bond donors (Lipinski definition) is 1. The smallest absolute Gasteiger partial charge is 0.307 e. The number of pyridine rings is 1. The van der Waals surface area contributed by atoms with Crippen LogP contribution in [0.2, 0.25) is 0 Å². The van der Waals surface area contributed by atoms with Crippen molar-refractivity contribution in [1.29, 1.82) is 5.26 Å². The number of nitriles is 1. The summed E-state index contributed by atoms with van der Waals surface area (Å²) in [5.74, 6) is -0.251. The molecular formula is C14H10N2O3. The average molecular weight is 254 g/mol. The van der Waals surface area contributed by atoms with E-state index in [2.05, 4.69) is 4.98 Å². The number of ether oxygens (including phenoxy) is 1. The Bertz CT molecular complexity index is 647. The van der Waals surface area contributed by atoms with E-state index in [4.69, 9.17) is 15.1 Å². The molecule has 0 unspecified atom stereocenters. The van der Waals surface area contributed by atoms with Crippen LogP contribution in [0.5, 0.6) is 11.6 Å². The Labute approximate surface area is 109 Å². The van der Waals surface area contributed by atoms with Crippen LogP contribution in [-0.2, 0) is 11.2 Å². The number of aliphatic carboxylic acids is 1. The Morgan fingerprint density at radius 1 is 1.26 bits per heavy atom. The first-order valence-corrected chi connectivity index (χ1v) is 5.54. The number of nitrogens with zero attached hydrogens (tertiary/aromatic N) is 2. The van der Waals surface area contributed by atoms with E-state index in [0.29, 0.717) is 11.3 Å². The molecular weight excluding hydrogens is 244 g/mol. The average Bonchev–Trinajstić information content (AvgIpc) is 2.41.